The van der Waals surface area contributed by atoms with Crippen LogP contribution in [0.5, 0.6) is 0 Å². The molecule has 29 heavy (non-hydrogen) atoms. The molecule has 7 heteroatoms. The molecule has 2 aromatic carbocycles. The molecule has 1 N–H and O–H groups in total. The minimum absolute atomic E-state index is 0.00976. The molecule has 6 nitrogen and oxygen atoms in total. The summed E-state index contributed by atoms with van der Waals surface area (Å²) >= 11 is 5.91. The molecule has 1 saturated heterocycles. The first-order chi connectivity index (χ1) is 14.2. The first kappa shape index (κ1) is 19.6. The fraction of sp³-hybridized carbons (Fsp3) is 0.318. The van der Waals surface area contributed by atoms with Crippen LogP contribution in [0.4, 0.5) is 0 Å². The maximum atomic E-state index is 12.9. The van der Waals surface area contributed by atoms with Gasteiger partial charge in [-0.05, 0) is 55.8 Å². The summed E-state index contributed by atoms with van der Waals surface area (Å²) in [5.41, 5.74) is 1.86. The van der Waals surface area contributed by atoms with Crippen molar-refractivity contribution in [3.63, 3.8) is 0 Å². The van der Waals surface area contributed by atoms with E-state index in [9.17, 15) is 4.79 Å². The number of nitrogens with zero attached hydrogens (tertiary/aromatic N) is 3. The van der Waals surface area contributed by atoms with Crippen LogP contribution in [0.3, 0.4) is 0 Å². The average Bonchev–Trinajstić information content (AvgIpc) is 3.42. The van der Waals surface area contributed by atoms with Crippen LogP contribution in [-0.2, 0) is 11.2 Å². The van der Waals surface area contributed by atoms with Crippen LogP contribution in [0.25, 0.3) is 11.4 Å². The smallest absolute Gasteiger partial charge is 0.241 e. The summed E-state index contributed by atoms with van der Waals surface area (Å²) in [6.07, 6.45) is 2.74. The predicted molar refractivity (Wildman–Crippen MR) is 111 cm³/mol. The second kappa shape index (κ2) is 9.20. The molecule has 1 aromatic heterocycles. The summed E-state index contributed by atoms with van der Waals surface area (Å²) in [5, 5.41) is 7.71. The van der Waals surface area contributed by atoms with Crippen molar-refractivity contribution in [3.8, 4) is 11.4 Å². The van der Waals surface area contributed by atoms with Gasteiger partial charge < -0.3 is 9.84 Å². The second-order valence-electron chi connectivity index (χ2n) is 7.12. The largest absolute Gasteiger partial charge is 0.354 e. The number of hydrogen-bond acceptors (Lipinski definition) is 5. The van der Waals surface area contributed by atoms with Crippen molar-refractivity contribution in [2.24, 2.45) is 0 Å². The van der Waals surface area contributed by atoms with Gasteiger partial charge in [-0.15, -0.1) is 0 Å². The zero-order chi connectivity index (χ0) is 20.1. The third-order valence-corrected chi connectivity index (χ3v) is 5.33. The molecule has 0 saturated carbocycles. The summed E-state index contributed by atoms with van der Waals surface area (Å²) in [4.78, 5) is 19.6. The van der Waals surface area contributed by atoms with Crippen molar-refractivity contribution in [1.29, 1.82) is 0 Å². The van der Waals surface area contributed by atoms with Gasteiger partial charge in [0.2, 0.25) is 17.6 Å². The molecule has 4 rings (SSSR count). The number of rotatable bonds is 7. The van der Waals surface area contributed by atoms with Crippen LogP contribution in [-0.4, -0.2) is 40.6 Å². The number of hydrogen-bond donors (Lipinski definition) is 1. The van der Waals surface area contributed by atoms with E-state index in [0.29, 0.717) is 29.7 Å². The van der Waals surface area contributed by atoms with E-state index in [1.165, 1.54) is 0 Å². The lowest BCUT2D eigenvalue weighted by molar-refractivity contribution is -0.126. The Bertz CT molecular complexity index is 937. The second-order valence-corrected chi connectivity index (χ2v) is 7.55. The van der Waals surface area contributed by atoms with Gasteiger partial charge in [0.15, 0.2) is 0 Å². The first-order valence-electron chi connectivity index (χ1n) is 9.86. The molecule has 1 aliphatic heterocycles. The standard InChI is InChI=1S/C22H23ClN4O2/c23-18-10-8-17(9-11-18)21-25-19(29-26-21)12-13-24-22(28)20(27-14-4-5-15-27)16-6-2-1-3-7-16/h1-3,6-11,20H,4-5,12-15H2,(H,24,28). The highest BCUT2D eigenvalue weighted by Crippen LogP contribution is 2.25. The maximum Gasteiger partial charge on any atom is 0.241 e. The zero-order valence-electron chi connectivity index (χ0n) is 16.1. The van der Waals surface area contributed by atoms with Crippen LogP contribution >= 0.6 is 11.6 Å². The molecule has 150 valence electrons. The Morgan fingerprint density at radius 1 is 1.10 bits per heavy atom. The highest BCUT2D eigenvalue weighted by Gasteiger charge is 2.29. The summed E-state index contributed by atoms with van der Waals surface area (Å²) in [6, 6.07) is 17.0. The van der Waals surface area contributed by atoms with Gasteiger partial charge in [0.1, 0.15) is 6.04 Å². The van der Waals surface area contributed by atoms with E-state index < -0.39 is 0 Å². The van der Waals surface area contributed by atoms with Gasteiger partial charge >= 0.3 is 0 Å². The molecule has 0 aliphatic carbocycles. The van der Waals surface area contributed by atoms with Crippen molar-refractivity contribution in [3.05, 3.63) is 71.1 Å². The predicted octanol–water partition coefficient (Wildman–Crippen LogP) is 3.89. The number of aromatic nitrogens is 2. The Balaban J connectivity index is 1.36. The quantitative estimate of drug-likeness (QED) is 0.639. The molecule has 3 aromatic rings. The van der Waals surface area contributed by atoms with Gasteiger partial charge in [-0.25, -0.2) is 0 Å². The van der Waals surface area contributed by atoms with Gasteiger partial charge in [0, 0.05) is 23.6 Å². The number of carbonyl (C=O) groups excluding carboxylic acids is 1. The van der Waals surface area contributed by atoms with Crippen LogP contribution in [0.15, 0.2) is 59.1 Å². The highest BCUT2D eigenvalue weighted by atomic mass is 35.5. The lowest BCUT2D eigenvalue weighted by Crippen LogP contribution is -2.40. The van der Waals surface area contributed by atoms with Crippen molar-refractivity contribution in [2.75, 3.05) is 19.6 Å². The average molecular weight is 411 g/mol. The summed E-state index contributed by atoms with van der Waals surface area (Å²) < 4.78 is 5.32. The van der Waals surface area contributed by atoms with E-state index in [1.807, 2.05) is 42.5 Å². The molecule has 1 atom stereocenters. The highest BCUT2D eigenvalue weighted by molar-refractivity contribution is 6.30. The van der Waals surface area contributed by atoms with E-state index in [4.69, 9.17) is 16.1 Å². The molecule has 1 fully saturated rings. The van der Waals surface area contributed by atoms with E-state index in [0.717, 1.165) is 37.1 Å². The number of likely N-dealkylation sites (tertiary alicyclic amines) is 1. The fourth-order valence-electron chi connectivity index (χ4n) is 3.63. The number of carbonyl (C=O) groups is 1. The summed E-state index contributed by atoms with van der Waals surface area (Å²) in [7, 11) is 0. The Hall–Kier alpha value is -2.70. The normalized spacial score (nSPS) is 15.3. The molecule has 0 bridgehead atoms. The molecule has 2 heterocycles. The Morgan fingerprint density at radius 3 is 2.55 bits per heavy atom. The fourth-order valence-corrected chi connectivity index (χ4v) is 3.75. The number of amides is 1. The molecule has 1 aliphatic rings. The molecular formula is C22H23ClN4O2. The lowest BCUT2D eigenvalue weighted by atomic mass is 10.0. The molecule has 0 radical (unpaired) electrons. The lowest BCUT2D eigenvalue weighted by Gasteiger charge is -2.26. The Labute approximate surface area is 174 Å². The first-order valence-corrected chi connectivity index (χ1v) is 10.2. The van der Waals surface area contributed by atoms with Crippen LogP contribution in [0.1, 0.15) is 30.3 Å². The monoisotopic (exact) mass is 410 g/mol. The van der Waals surface area contributed by atoms with E-state index >= 15 is 0 Å². The number of halogens is 1. The van der Waals surface area contributed by atoms with E-state index in [2.05, 4.69) is 20.4 Å². The number of benzene rings is 2. The van der Waals surface area contributed by atoms with Crippen molar-refractivity contribution in [1.82, 2.24) is 20.4 Å². The van der Waals surface area contributed by atoms with Gasteiger partial charge in [-0.3, -0.25) is 9.69 Å². The summed E-state index contributed by atoms with van der Waals surface area (Å²) in [6.45, 7) is 2.33. The Kier molecular flexibility index (Phi) is 6.22. The maximum absolute atomic E-state index is 12.9. The van der Waals surface area contributed by atoms with Gasteiger partial charge in [0.25, 0.3) is 0 Å². The SMILES string of the molecule is O=C(NCCc1nc(-c2ccc(Cl)cc2)no1)C(c1ccccc1)N1CCCC1. The van der Waals surface area contributed by atoms with Gasteiger partial charge in [-0.1, -0.05) is 47.1 Å². The zero-order valence-corrected chi connectivity index (χ0v) is 16.8. The van der Waals surface area contributed by atoms with Crippen molar-refractivity contribution >= 4 is 17.5 Å². The van der Waals surface area contributed by atoms with Crippen molar-refractivity contribution in [2.45, 2.75) is 25.3 Å². The van der Waals surface area contributed by atoms with E-state index in [-0.39, 0.29) is 11.9 Å². The minimum Gasteiger partial charge on any atom is -0.354 e. The third-order valence-electron chi connectivity index (χ3n) is 5.08. The Morgan fingerprint density at radius 2 is 1.83 bits per heavy atom. The van der Waals surface area contributed by atoms with E-state index in [1.54, 1.807) is 12.1 Å². The van der Waals surface area contributed by atoms with Gasteiger partial charge in [-0.2, -0.15) is 4.98 Å². The summed E-state index contributed by atoms with van der Waals surface area (Å²) in [5.74, 6) is 1.02. The number of nitrogens with one attached hydrogen (secondary N) is 1. The van der Waals surface area contributed by atoms with Crippen LogP contribution < -0.4 is 5.32 Å². The molecular weight excluding hydrogens is 388 g/mol. The molecule has 1 unspecified atom stereocenters. The minimum atomic E-state index is -0.258. The molecule has 1 amide bonds. The topological polar surface area (TPSA) is 71.3 Å². The van der Waals surface area contributed by atoms with Crippen LogP contribution in [0.2, 0.25) is 5.02 Å². The van der Waals surface area contributed by atoms with Crippen LogP contribution in [0, 0.1) is 0 Å². The third kappa shape index (κ3) is 4.83. The van der Waals surface area contributed by atoms with Gasteiger partial charge in [0.05, 0.1) is 0 Å². The van der Waals surface area contributed by atoms with Crippen molar-refractivity contribution < 1.29 is 9.32 Å². The molecule has 0 spiro atoms.